The van der Waals surface area contributed by atoms with E-state index in [2.05, 4.69) is 10.6 Å². The summed E-state index contributed by atoms with van der Waals surface area (Å²) < 4.78 is 5.19. The third kappa shape index (κ3) is 5.10. The van der Waals surface area contributed by atoms with Crippen molar-refractivity contribution < 1.29 is 19.1 Å². The Hall–Kier alpha value is -4.39. The van der Waals surface area contributed by atoms with Gasteiger partial charge in [0, 0.05) is 5.69 Å². The zero-order valence-corrected chi connectivity index (χ0v) is 18.3. The molecule has 1 aliphatic heterocycles. The maximum atomic E-state index is 12.8. The highest BCUT2D eigenvalue weighted by atomic mass is 16.5. The van der Waals surface area contributed by atoms with Crippen molar-refractivity contribution in [1.82, 2.24) is 10.2 Å². The van der Waals surface area contributed by atoms with Gasteiger partial charge in [0.2, 0.25) is 5.91 Å². The minimum absolute atomic E-state index is 0.121. The Bertz CT molecular complexity index is 1250. The molecule has 2 N–H and O–H groups in total. The summed E-state index contributed by atoms with van der Waals surface area (Å²) in [6.07, 6.45) is 1.60. The Morgan fingerprint density at radius 2 is 1.76 bits per heavy atom. The van der Waals surface area contributed by atoms with Crippen molar-refractivity contribution in [1.29, 1.82) is 0 Å². The van der Waals surface area contributed by atoms with Gasteiger partial charge in [-0.3, -0.25) is 9.59 Å². The quantitative estimate of drug-likeness (QED) is 0.443. The lowest BCUT2D eigenvalue weighted by Crippen LogP contribution is -2.38. The van der Waals surface area contributed by atoms with Crippen LogP contribution in [0.2, 0.25) is 0 Å². The number of hydrogen-bond acceptors (Lipinski definition) is 4. The average molecular weight is 441 g/mol. The van der Waals surface area contributed by atoms with E-state index in [-0.39, 0.29) is 12.2 Å². The first kappa shape index (κ1) is 21.8. The minimum Gasteiger partial charge on any atom is -0.497 e. The van der Waals surface area contributed by atoms with Gasteiger partial charge in [-0.2, -0.15) is 0 Å². The molecule has 1 aliphatic rings. The highest BCUT2D eigenvalue weighted by Gasteiger charge is 2.34. The summed E-state index contributed by atoms with van der Waals surface area (Å²) in [5.74, 6) is -0.232. The van der Waals surface area contributed by atoms with Crippen LogP contribution in [0.15, 0.2) is 78.5 Å². The van der Waals surface area contributed by atoms with E-state index in [4.69, 9.17) is 4.74 Å². The number of aryl methyl sites for hydroxylation is 1. The predicted octanol–water partition coefficient (Wildman–Crippen LogP) is 4.20. The van der Waals surface area contributed by atoms with Gasteiger partial charge in [-0.05, 0) is 65.6 Å². The van der Waals surface area contributed by atoms with Gasteiger partial charge >= 0.3 is 6.03 Å². The van der Waals surface area contributed by atoms with Crippen LogP contribution in [0.1, 0.15) is 11.1 Å². The molecule has 1 heterocycles. The summed E-state index contributed by atoms with van der Waals surface area (Å²) in [4.78, 5) is 38.4. The molecule has 33 heavy (non-hydrogen) atoms. The Kier molecular flexibility index (Phi) is 6.22. The summed E-state index contributed by atoms with van der Waals surface area (Å²) >= 11 is 0. The van der Waals surface area contributed by atoms with Gasteiger partial charge in [0.25, 0.3) is 5.91 Å². The number of imide groups is 1. The molecular formula is C26H23N3O4. The number of nitrogens with one attached hydrogen (secondary N) is 2. The lowest BCUT2D eigenvalue weighted by molar-refractivity contribution is -0.127. The molecule has 4 amide bonds. The maximum absolute atomic E-state index is 12.8. The summed E-state index contributed by atoms with van der Waals surface area (Å²) in [7, 11) is 1.62. The second-order valence-corrected chi connectivity index (χ2v) is 7.65. The molecule has 0 aromatic heterocycles. The molecule has 0 aliphatic carbocycles. The van der Waals surface area contributed by atoms with E-state index in [0.717, 1.165) is 32.9 Å². The fraction of sp³-hybridized carbons (Fsp3) is 0.115. The van der Waals surface area contributed by atoms with Gasteiger partial charge in [-0.15, -0.1) is 0 Å². The summed E-state index contributed by atoms with van der Waals surface area (Å²) in [6.45, 7) is 1.54. The van der Waals surface area contributed by atoms with Crippen LogP contribution in [0.4, 0.5) is 10.5 Å². The molecule has 0 radical (unpaired) electrons. The van der Waals surface area contributed by atoms with Gasteiger partial charge < -0.3 is 15.4 Å². The molecule has 0 unspecified atom stereocenters. The van der Waals surface area contributed by atoms with Crippen LogP contribution in [-0.4, -0.2) is 36.4 Å². The third-order valence-electron chi connectivity index (χ3n) is 5.19. The Labute approximate surface area is 191 Å². The number of urea groups is 1. The predicted molar refractivity (Wildman–Crippen MR) is 126 cm³/mol. The van der Waals surface area contributed by atoms with Crippen molar-refractivity contribution in [3.63, 3.8) is 0 Å². The number of methoxy groups -OCH3 is 1. The van der Waals surface area contributed by atoms with Crippen LogP contribution in [0.25, 0.3) is 17.2 Å². The highest BCUT2D eigenvalue weighted by molar-refractivity contribution is 6.16. The maximum Gasteiger partial charge on any atom is 0.329 e. The zero-order chi connectivity index (χ0) is 23.4. The molecule has 3 aromatic carbocycles. The molecule has 7 heteroatoms. The second kappa shape index (κ2) is 9.40. The summed E-state index contributed by atoms with van der Waals surface area (Å²) in [5.41, 5.74) is 4.42. The van der Waals surface area contributed by atoms with Crippen molar-refractivity contribution in [2.75, 3.05) is 19.0 Å². The number of carbonyl (C=O) groups excluding carboxylic acids is 3. The normalized spacial score (nSPS) is 14.4. The summed E-state index contributed by atoms with van der Waals surface area (Å²) in [5, 5.41) is 5.26. The van der Waals surface area contributed by atoms with Crippen molar-refractivity contribution in [3.05, 3.63) is 89.6 Å². The SMILES string of the molecule is COc1ccc(-c2cccc(C=C3NC(=O)N(CC(=O)Nc4cccc(C)c4)C3=O)c2)cc1. The number of benzene rings is 3. The Morgan fingerprint density at radius 1 is 1.00 bits per heavy atom. The van der Waals surface area contributed by atoms with Gasteiger partial charge in [0.05, 0.1) is 7.11 Å². The van der Waals surface area contributed by atoms with E-state index >= 15 is 0 Å². The van der Waals surface area contributed by atoms with Crippen LogP contribution < -0.4 is 15.4 Å². The molecule has 0 atom stereocenters. The van der Waals surface area contributed by atoms with Crippen molar-refractivity contribution >= 4 is 29.6 Å². The molecule has 166 valence electrons. The fourth-order valence-electron chi connectivity index (χ4n) is 3.54. The first-order valence-electron chi connectivity index (χ1n) is 10.4. The average Bonchev–Trinajstić information content (AvgIpc) is 3.06. The molecule has 1 fully saturated rings. The highest BCUT2D eigenvalue weighted by Crippen LogP contribution is 2.24. The van der Waals surface area contributed by atoms with Crippen LogP contribution >= 0.6 is 0 Å². The molecule has 0 bridgehead atoms. The van der Waals surface area contributed by atoms with E-state index in [1.54, 1.807) is 19.3 Å². The molecule has 4 rings (SSSR count). The van der Waals surface area contributed by atoms with E-state index in [1.165, 1.54) is 0 Å². The van der Waals surface area contributed by atoms with Crippen LogP contribution in [0.5, 0.6) is 5.75 Å². The zero-order valence-electron chi connectivity index (χ0n) is 18.3. The number of hydrogen-bond donors (Lipinski definition) is 2. The number of rotatable bonds is 6. The van der Waals surface area contributed by atoms with E-state index in [0.29, 0.717) is 5.69 Å². The van der Waals surface area contributed by atoms with Gasteiger partial charge in [0.15, 0.2) is 0 Å². The molecule has 0 spiro atoms. The van der Waals surface area contributed by atoms with Crippen molar-refractivity contribution in [2.45, 2.75) is 6.92 Å². The van der Waals surface area contributed by atoms with E-state index in [9.17, 15) is 14.4 Å². The topological polar surface area (TPSA) is 87.7 Å². The first-order valence-corrected chi connectivity index (χ1v) is 10.4. The third-order valence-corrected chi connectivity index (χ3v) is 5.19. The number of carbonyl (C=O) groups is 3. The Balaban J connectivity index is 1.47. The van der Waals surface area contributed by atoms with Gasteiger partial charge in [0.1, 0.15) is 18.0 Å². The fourth-order valence-corrected chi connectivity index (χ4v) is 3.54. The first-order chi connectivity index (χ1) is 15.9. The number of ether oxygens (including phenoxy) is 1. The largest absolute Gasteiger partial charge is 0.497 e. The van der Waals surface area contributed by atoms with E-state index < -0.39 is 17.8 Å². The van der Waals surface area contributed by atoms with Crippen LogP contribution in [-0.2, 0) is 9.59 Å². The second-order valence-electron chi connectivity index (χ2n) is 7.65. The summed E-state index contributed by atoms with van der Waals surface area (Å²) in [6, 6.07) is 21.9. The molecule has 7 nitrogen and oxygen atoms in total. The number of anilines is 1. The molecule has 1 saturated heterocycles. The monoisotopic (exact) mass is 441 g/mol. The van der Waals surface area contributed by atoms with Crippen LogP contribution in [0, 0.1) is 6.92 Å². The van der Waals surface area contributed by atoms with Gasteiger partial charge in [-0.1, -0.05) is 42.5 Å². The smallest absolute Gasteiger partial charge is 0.329 e. The molecule has 3 aromatic rings. The van der Waals surface area contributed by atoms with Crippen LogP contribution in [0.3, 0.4) is 0 Å². The van der Waals surface area contributed by atoms with E-state index in [1.807, 2.05) is 73.7 Å². The standard InChI is InChI=1S/C26H23N3O4/c1-17-5-3-8-21(13-17)27-24(30)16-29-25(31)23(28-26(29)32)15-18-6-4-7-20(14-18)19-9-11-22(33-2)12-10-19/h3-15H,16H2,1-2H3,(H,27,30)(H,28,32). The van der Waals surface area contributed by atoms with Crippen molar-refractivity contribution in [3.8, 4) is 16.9 Å². The number of amides is 4. The minimum atomic E-state index is -0.628. The molecular weight excluding hydrogens is 418 g/mol. The lowest BCUT2D eigenvalue weighted by Gasteiger charge is -2.12. The number of nitrogens with zero attached hydrogens (tertiary/aromatic N) is 1. The molecule has 0 saturated carbocycles. The van der Waals surface area contributed by atoms with Gasteiger partial charge in [-0.25, -0.2) is 9.69 Å². The lowest BCUT2D eigenvalue weighted by atomic mass is 10.0. The van der Waals surface area contributed by atoms with Crippen molar-refractivity contribution in [2.24, 2.45) is 0 Å². The Morgan fingerprint density at radius 3 is 2.48 bits per heavy atom.